The van der Waals surface area contributed by atoms with E-state index in [1.54, 1.807) is 19.4 Å². The molecule has 1 aromatic heterocycles. The molecule has 1 N–H and O–H groups in total. The van der Waals surface area contributed by atoms with Crippen LogP contribution in [0.4, 0.5) is 0 Å². The maximum absolute atomic E-state index is 12.1. The number of hydrogen-bond acceptors (Lipinski definition) is 5. The van der Waals surface area contributed by atoms with Crippen LogP contribution in [0.25, 0.3) is 6.08 Å². The molecule has 1 saturated carbocycles. The van der Waals surface area contributed by atoms with Crippen LogP contribution in [-0.2, 0) is 11.3 Å². The molecule has 1 heterocycles. The lowest BCUT2D eigenvalue weighted by Crippen LogP contribution is -2.20. The fourth-order valence-electron chi connectivity index (χ4n) is 3.24. The van der Waals surface area contributed by atoms with Gasteiger partial charge in [0.05, 0.1) is 13.7 Å². The molecule has 1 aromatic carbocycles. The van der Waals surface area contributed by atoms with Crippen LogP contribution in [0.3, 0.4) is 0 Å². The Kier molecular flexibility index (Phi) is 7.50. The Morgan fingerprint density at radius 2 is 2.03 bits per heavy atom. The van der Waals surface area contributed by atoms with Crippen molar-refractivity contribution in [2.24, 2.45) is 0 Å². The predicted molar refractivity (Wildman–Crippen MR) is 112 cm³/mol. The standard InChI is InChI=1S/C23H28N2O4/c1-3-28-20-11-8-17(14-21(20)27-2)9-12-22(26)24-15-18-10-13-23(25-16-18)29-19-6-4-5-7-19/h8-14,16,19H,3-7,15H2,1-2H3,(H,24,26)/b12-9+. The second kappa shape index (κ2) is 10.5. The summed E-state index contributed by atoms with van der Waals surface area (Å²) in [4.78, 5) is 16.5. The number of hydrogen-bond donors (Lipinski definition) is 1. The Balaban J connectivity index is 1.49. The average Bonchev–Trinajstić information content (AvgIpc) is 3.25. The van der Waals surface area contributed by atoms with Crippen LogP contribution in [0.5, 0.6) is 17.4 Å². The predicted octanol–water partition coefficient (Wildman–Crippen LogP) is 4.14. The van der Waals surface area contributed by atoms with E-state index in [-0.39, 0.29) is 5.91 Å². The van der Waals surface area contributed by atoms with Gasteiger partial charge in [-0.05, 0) is 61.9 Å². The van der Waals surface area contributed by atoms with E-state index in [1.807, 2.05) is 37.3 Å². The lowest BCUT2D eigenvalue weighted by atomic mass is 10.2. The summed E-state index contributed by atoms with van der Waals surface area (Å²) in [5, 5.41) is 2.86. The van der Waals surface area contributed by atoms with E-state index >= 15 is 0 Å². The van der Waals surface area contributed by atoms with Crippen LogP contribution in [0.2, 0.25) is 0 Å². The molecule has 2 aromatic rings. The number of methoxy groups -OCH3 is 1. The Morgan fingerprint density at radius 1 is 1.21 bits per heavy atom. The normalized spacial score (nSPS) is 14.1. The first-order valence-corrected chi connectivity index (χ1v) is 10.1. The van der Waals surface area contributed by atoms with Crippen LogP contribution < -0.4 is 19.5 Å². The van der Waals surface area contributed by atoms with Gasteiger partial charge in [0.1, 0.15) is 6.10 Å². The highest BCUT2D eigenvalue weighted by atomic mass is 16.5. The second-order valence-corrected chi connectivity index (χ2v) is 6.92. The van der Waals surface area contributed by atoms with Crippen molar-refractivity contribution in [1.29, 1.82) is 0 Å². The highest BCUT2D eigenvalue weighted by Gasteiger charge is 2.16. The zero-order chi connectivity index (χ0) is 20.5. The molecular weight excluding hydrogens is 368 g/mol. The number of pyridine rings is 1. The molecule has 6 heteroatoms. The highest BCUT2D eigenvalue weighted by molar-refractivity contribution is 5.91. The van der Waals surface area contributed by atoms with Crippen LogP contribution >= 0.6 is 0 Å². The first-order chi connectivity index (χ1) is 14.2. The van der Waals surface area contributed by atoms with Gasteiger partial charge >= 0.3 is 0 Å². The Bertz CT molecular complexity index is 827. The summed E-state index contributed by atoms with van der Waals surface area (Å²) >= 11 is 0. The average molecular weight is 396 g/mol. The molecule has 6 nitrogen and oxygen atoms in total. The first-order valence-electron chi connectivity index (χ1n) is 10.1. The molecule has 1 aliphatic rings. The summed E-state index contributed by atoms with van der Waals surface area (Å²) in [6.45, 7) is 2.90. The van der Waals surface area contributed by atoms with Gasteiger partial charge in [-0.15, -0.1) is 0 Å². The monoisotopic (exact) mass is 396 g/mol. The zero-order valence-corrected chi connectivity index (χ0v) is 17.0. The van der Waals surface area contributed by atoms with Crippen molar-refractivity contribution in [3.63, 3.8) is 0 Å². The van der Waals surface area contributed by atoms with Crippen molar-refractivity contribution < 1.29 is 19.0 Å². The van der Waals surface area contributed by atoms with E-state index in [4.69, 9.17) is 14.2 Å². The van der Waals surface area contributed by atoms with Gasteiger partial charge < -0.3 is 19.5 Å². The maximum Gasteiger partial charge on any atom is 0.244 e. The van der Waals surface area contributed by atoms with Crippen molar-refractivity contribution >= 4 is 12.0 Å². The van der Waals surface area contributed by atoms with Crippen LogP contribution in [-0.4, -0.2) is 30.7 Å². The Labute approximate surface area is 171 Å². The highest BCUT2D eigenvalue weighted by Crippen LogP contribution is 2.28. The zero-order valence-electron chi connectivity index (χ0n) is 17.0. The molecule has 1 fully saturated rings. The Hall–Kier alpha value is -3.02. The molecule has 0 radical (unpaired) electrons. The molecule has 0 spiro atoms. The summed E-state index contributed by atoms with van der Waals surface area (Å²) in [6.07, 6.45) is 9.94. The van der Waals surface area contributed by atoms with E-state index in [9.17, 15) is 4.79 Å². The number of nitrogens with one attached hydrogen (secondary N) is 1. The third-order valence-electron chi connectivity index (χ3n) is 4.77. The van der Waals surface area contributed by atoms with Gasteiger partial charge in [-0.25, -0.2) is 4.98 Å². The summed E-state index contributed by atoms with van der Waals surface area (Å²) in [5.41, 5.74) is 1.78. The minimum Gasteiger partial charge on any atom is -0.493 e. The molecule has 0 unspecified atom stereocenters. The third-order valence-corrected chi connectivity index (χ3v) is 4.77. The van der Waals surface area contributed by atoms with Crippen molar-refractivity contribution in [2.75, 3.05) is 13.7 Å². The third kappa shape index (κ3) is 6.24. The molecule has 0 atom stereocenters. The van der Waals surface area contributed by atoms with Crippen LogP contribution in [0, 0.1) is 0 Å². The lowest BCUT2D eigenvalue weighted by molar-refractivity contribution is -0.116. The molecule has 0 bridgehead atoms. The number of ether oxygens (including phenoxy) is 3. The molecule has 29 heavy (non-hydrogen) atoms. The van der Waals surface area contributed by atoms with Gasteiger partial charge in [-0.1, -0.05) is 12.1 Å². The van der Waals surface area contributed by atoms with Gasteiger partial charge in [0.15, 0.2) is 11.5 Å². The second-order valence-electron chi connectivity index (χ2n) is 6.92. The van der Waals surface area contributed by atoms with Crippen molar-refractivity contribution in [1.82, 2.24) is 10.3 Å². The fourth-order valence-corrected chi connectivity index (χ4v) is 3.24. The first kappa shape index (κ1) is 20.7. The Morgan fingerprint density at radius 3 is 2.72 bits per heavy atom. The van der Waals surface area contributed by atoms with Gasteiger partial charge in [-0.3, -0.25) is 4.79 Å². The largest absolute Gasteiger partial charge is 0.493 e. The van der Waals surface area contributed by atoms with E-state index in [2.05, 4.69) is 10.3 Å². The van der Waals surface area contributed by atoms with E-state index in [0.29, 0.717) is 36.6 Å². The number of aromatic nitrogens is 1. The number of carbonyl (C=O) groups excluding carboxylic acids is 1. The van der Waals surface area contributed by atoms with Gasteiger partial charge in [0.25, 0.3) is 0 Å². The summed E-state index contributed by atoms with van der Waals surface area (Å²) in [5.74, 6) is 1.80. The SMILES string of the molecule is CCOc1ccc(/C=C/C(=O)NCc2ccc(OC3CCCC3)nc2)cc1OC. The van der Waals surface area contributed by atoms with Crippen LogP contribution in [0.1, 0.15) is 43.7 Å². The summed E-state index contributed by atoms with van der Waals surface area (Å²) in [7, 11) is 1.59. The lowest BCUT2D eigenvalue weighted by Gasteiger charge is -2.12. The fraction of sp³-hybridized carbons (Fsp3) is 0.391. The van der Waals surface area contributed by atoms with E-state index in [1.165, 1.54) is 18.9 Å². The number of carbonyl (C=O) groups is 1. The van der Waals surface area contributed by atoms with E-state index in [0.717, 1.165) is 24.0 Å². The number of nitrogens with zero attached hydrogens (tertiary/aromatic N) is 1. The van der Waals surface area contributed by atoms with Crippen molar-refractivity contribution in [2.45, 2.75) is 45.3 Å². The maximum atomic E-state index is 12.1. The van der Waals surface area contributed by atoms with E-state index < -0.39 is 0 Å². The quantitative estimate of drug-likeness (QED) is 0.645. The topological polar surface area (TPSA) is 69.7 Å². The minimum atomic E-state index is -0.177. The molecule has 0 saturated heterocycles. The van der Waals surface area contributed by atoms with Gasteiger partial charge in [0, 0.05) is 24.9 Å². The van der Waals surface area contributed by atoms with Crippen molar-refractivity contribution in [3.8, 4) is 17.4 Å². The summed E-state index contributed by atoms with van der Waals surface area (Å²) in [6, 6.07) is 9.34. The van der Waals surface area contributed by atoms with Gasteiger partial charge in [0.2, 0.25) is 11.8 Å². The number of benzene rings is 1. The molecule has 3 rings (SSSR count). The van der Waals surface area contributed by atoms with Crippen molar-refractivity contribution in [3.05, 3.63) is 53.7 Å². The smallest absolute Gasteiger partial charge is 0.244 e. The van der Waals surface area contributed by atoms with Crippen LogP contribution in [0.15, 0.2) is 42.6 Å². The number of rotatable bonds is 9. The molecule has 154 valence electrons. The number of amides is 1. The van der Waals surface area contributed by atoms with Gasteiger partial charge in [-0.2, -0.15) is 0 Å². The molecular formula is C23H28N2O4. The molecule has 0 aliphatic heterocycles. The molecule has 1 amide bonds. The minimum absolute atomic E-state index is 0.177. The molecule has 1 aliphatic carbocycles. The summed E-state index contributed by atoms with van der Waals surface area (Å²) < 4.78 is 16.7.